The van der Waals surface area contributed by atoms with Crippen LogP contribution in [-0.4, -0.2) is 72.1 Å². The molecule has 4 heterocycles. The second kappa shape index (κ2) is 11.1. The zero-order valence-electron chi connectivity index (χ0n) is 21.1. The number of pyridine rings is 1. The van der Waals surface area contributed by atoms with Crippen LogP contribution in [0.3, 0.4) is 0 Å². The lowest BCUT2D eigenvalue weighted by atomic mass is 10.1. The predicted octanol–water partition coefficient (Wildman–Crippen LogP) is 4.11. The maximum absolute atomic E-state index is 13.6. The number of carbonyl (C=O) groups excluding carboxylic acids is 2. The molecular weight excluding hydrogens is 503 g/mol. The summed E-state index contributed by atoms with van der Waals surface area (Å²) in [6.45, 7) is 3.38. The molecule has 0 radical (unpaired) electrons. The highest BCUT2D eigenvalue weighted by atomic mass is 19.4. The van der Waals surface area contributed by atoms with Crippen LogP contribution in [0.15, 0.2) is 22.7 Å². The molecule has 38 heavy (non-hydrogen) atoms. The van der Waals surface area contributed by atoms with Crippen molar-refractivity contribution >= 4 is 29.5 Å². The van der Waals surface area contributed by atoms with E-state index in [1.165, 1.54) is 6.20 Å². The minimum atomic E-state index is -4.83. The minimum absolute atomic E-state index is 0.0309. The van der Waals surface area contributed by atoms with Crippen LogP contribution in [-0.2, 0) is 6.18 Å². The van der Waals surface area contributed by atoms with E-state index in [-0.39, 0.29) is 23.8 Å². The number of carbonyl (C=O) groups is 2. The number of alkyl halides is 3. The molecule has 1 aliphatic carbocycles. The van der Waals surface area contributed by atoms with Crippen molar-refractivity contribution in [1.82, 2.24) is 20.2 Å². The number of rotatable bonds is 5. The molecule has 0 atom stereocenters. The Bertz CT molecular complexity index is 1120. The van der Waals surface area contributed by atoms with Gasteiger partial charge in [-0.1, -0.05) is 12.8 Å². The third-order valence-corrected chi connectivity index (χ3v) is 7.30. The van der Waals surface area contributed by atoms with Gasteiger partial charge in [-0.25, -0.2) is 9.78 Å². The Morgan fingerprint density at radius 2 is 1.63 bits per heavy atom. The molecule has 5 rings (SSSR count). The highest BCUT2D eigenvalue weighted by Crippen LogP contribution is 2.35. The summed E-state index contributed by atoms with van der Waals surface area (Å²) in [6.07, 6.45) is 3.58. The van der Waals surface area contributed by atoms with Crippen LogP contribution in [0.5, 0.6) is 0 Å². The molecule has 0 spiro atoms. The molecule has 2 aliphatic heterocycles. The Labute approximate surface area is 218 Å². The molecule has 13 heteroatoms. The number of piperazine rings is 1. The number of nitrogens with one attached hydrogen (secondary N) is 2. The van der Waals surface area contributed by atoms with Gasteiger partial charge in [-0.2, -0.15) is 18.2 Å². The Morgan fingerprint density at radius 3 is 2.26 bits per heavy atom. The molecule has 2 aromatic rings. The van der Waals surface area contributed by atoms with Crippen LogP contribution in [0.1, 0.15) is 61.2 Å². The zero-order chi connectivity index (χ0) is 26.7. The molecule has 1 saturated carbocycles. The number of urea groups is 1. The first-order chi connectivity index (χ1) is 18.3. The van der Waals surface area contributed by atoms with Crippen LogP contribution >= 0.6 is 0 Å². The van der Waals surface area contributed by atoms with Gasteiger partial charge >= 0.3 is 12.2 Å². The third-order valence-electron chi connectivity index (χ3n) is 7.30. The number of oxazole rings is 1. The van der Waals surface area contributed by atoms with Crippen molar-refractivity contribution in [1.29, 1.82) is 0 Å². The summed E-state index contributed by atoms with van der Waals surface area (Å²) in [5.41, 5.74) is -1.10. The van der Waals surface area contributed by atoms with Crippen molar-refractivity contribution in [2.45, 2.75) is 57.2 Å². The van der Waals surface area contributed by atoms with Gasteiger partial charge in [-0.05, 0) is 44.2 Å². The van der Waals surface area contributed by atoms with Gasteiger partial charge < -0.3 is 29.8 Å². The molecule has 0 aromatic carbocycles. The summed E-state index contributed by atoms with van der Waals surface area (Å²) in [7, 11) is 0. The van der Waals surface area contributed by atoms with Crippen molar-refractivity contribution in [3.8, 4) is 0 Å². The van der Waals surface area contributed by atoms with E-state index in [9.17, 15) is 22.8 Å². The molecule has 0 unspecified atom stereocenters. The maximum Gasteiger partial charge on any atom is 0.437 e. The van der Waals surface area contributed by atoms with Gasteiger partial charge in [-0.3, -0.25) is 4.79 Å². The molecule has 0 bridgehead atoms. The molecule has 2 saturated heterocycles. The van der Waals surface area contributed by atoms with Crippen molar-refractivity contribution < 1.29 is 27.2 Å². The number of anilines is 3. The smallest absolute Gasteiger partial charge is 0.417 e. The quantitative estimate of drug-likeness (QED) is 0.594. The van der Waals surface area contributed by atoms with E-state index in [0.29, 0.717) is 45.1 Å². The summed E-state index contributed by atoms with van der Waals surface area (Å²) in [5.74, 6) is -1.25. The molecular formula is C25H32F3N7O3. The largest absolute Gasteiger partial charge is 0.437 e. The van der Waals surface area contributed by atoms with Crippen molar-refractivity contribution in [2.75, 3.05) is 54.4 Å². The van der Waals surface area contributed by atoms with E-state index in [0.717, 1.165) is 44.9 Å². The Morgan fingerprint density at radius 1 is 0.921 bits per heavy atom. The fourth-order valence-corrected chi connectivity index (χ4v) is 5.18. The first-order valence-corrected chi connectivity index (χ1v) is 13.2. The lowest BCUT2D eigenvalue weighted by Crippen LogP contribution is -2.53. The minimum Gasteiger partial charge on any atom is -0.417 e. The number of nitrogens with zero attached hydrogens (tertiary/aromatic N) is 5. The van der Waals surface area contributed by atoms with Gasteiger partial charge in [0.25, 0.3) is 11.9 Å². The van der Waals surface area contributed by atoms with Crippen LogP contribution in [0.4, 0.5) is 35.5 Å². The average molecular weight is 536 g/mol. The monoisotopic (exact) mass is 535 g/mol. The molecule has 2 N–H and O–H groups in total. The maximum atomic E-state index is 13.6. The summed E-state index contributed by atoms with van der Waals surface area (Å²) in [5, 5.41) is 5.54. The van der Waals surface area contributed by atoms with Crippen LogP contribution in [0, 0.1) is 0 Å². The van der Waals surface area contributed by atoms with Crippen molar-refractivity contribution in [3.05, 3.63) is 29.8 Å². The van der Waals surface area contributed by atoms with Gasteiger partial charge in [0.1, 0.15) is 5.82 Å². The van der Waals surface area contributed by atoms with E-state index in [1.807, 2.05) is 4.90 Å². The second-order valence-electron chi connectivity index (χ2n) is 9.98. The number of amides is 3. The summed E-state index contributed by atoms with van der Waals surface area (Å²) >= 11 is 0. The summed E-state index contributed by atoms with van der Waals surface area (Å²) < 4.78 is 46.1. The number of hydrogen-bond donors (Lipinski definition) is 2. The zero-order valence-corrected chi connectivity index (χ0v) is 21.1. The summed E-state index contributed by atoms with van der Waals surface area (Å²) in [4.78, 5) is 38.7. The molecule has 10 nitrogen and oxygen atoms in total. The molecule has 3 aliphatic rings. The lowest BCUT2D eigenvalue weighted by Gasteiger charge is -2.36. The van der Waals surface area contributed by atoms with Crippen LogP contribution in [0.2, 0.25) is 0 Å². The molecule has 3 amide bonds. The highest BCUT2D eigenvalue weighted by Gasteiger charge is 2.42. The van der Waals surface area contributed by atoms with Gasteiger partial charge in [0, 0.05) is 45.3 Å². The number of piperidine rings is 1. The Balaban J connectivity index is 1.19. The standard InChI is InChI=1S/C25H32F3N7O3/c26-25(27,28)21-20(38-24(32-21)35-10-4-1-5-11-35)22(36)30-18-8-9-19(29-16-18)33-12-14-34(15-13-33)23(37)31-17-6-2-3-7-17/h8-9,16-17H,1-7,10-15H2,(H,30,36)(H,31,37). The first kappa shape index (κ1) is 26.1. The van der Waals surface area contributed by atoms with Gasteiger partial charge in [0.05, 0.1) is 11.9 Å². The van der Waals surface area contributed by atoms with Crippen LogP contribution in [0.25, 0.3) is 0 Å². The molecule has 2 aromatic heterocycles. The van der Waals surface area contributed by atoms with Crippen molar-refractivity contribution in [3.63, 3.8) is 0 Å². The second-order valence-corrected chi connectivity index (χ2v) is 9.98. The fourth-order valence-electron chi connectivity index (χ4n) is 5.18. The lowest BCUT2D eigenvalue weighted by molar-refractivity contribution is -0.141. The van der Waals surface area contributed by atoms with E-state index in [4.69, 9.17) is 4.42 Å². The molecule has 3 fully saturated rings. The third kappa shape index (κ3) is 5.97. The van der Waals surface area contributed by atoms with Crippen LogP contribution < -0.4 is 20.4 Å². The number of halogens is 3. The number of hydrogen-bond acceptors (Lipinski definition) is 7. The Hall–Kier alpha value is -3.51. The normalized spacial score (nSPS) is 19.1. The Kier molecular flexibility index (Phi) is 7.61. The SMILES string of the molecule is O=C(Nc1ccc(N2CCN(C(=O)NC3CCCC3)CC2)nc1)c1oc(N2CCCCC2)nc1C(F)(F)F. The van der Waals surface area contributed by atoms with E-state index >= 15 is 0 Å². The topological polar surface area (TPSA) is 107 Å². The summed E-state index contributed by atoms with van der Waals surface area (Å²) in [6, 6.07) is 3.32. The van der Waals surface area contributed by atoms with Gasteiger partial charge in [0.15, 0.2) is 5.69 Å². The van der Waals surface area contributed by atoms with E-state index in [1.54, 1.807) is 21.9 Å². The van der Waals surface area contributed by atoms with Crippen molar-refractivity contribution in [2.24, 2.45) is 0 Å². The number of aromatic nitrogens is 2. The molecule has 206 valence electrons. The highest BCUT2D eigenvalue weighted by molar-refractivity contribution is 6.03. The van der Waals surface area contributed by atoms with Gasteiger partial charge in [-0.15, -0.1) is 0 Å². The van der Waals surface area contributed by atoms with Gasteiger partial charge in [0.2, 0.25) is 5.76 Å². The average Bonchev–Trinajstić information content (AvgIpc) is 3.60. The predicted molar refractivity (Wildman–Crippen MR) is 134 cm³/mol. The first-order valence-electron chi connectivity index (χ1n) is 13.2. The fraction of sp³-hybridized carbons (Fsp3) is 0.600. The van der Waals surface area contributed by atoms with E-state index < -0.39 is 23.5 Å². The van der Waals surface area contributed by atoms with E-state index in [2.05, 4.69) is 20.6 Å².